The van der Waals surface area contributed by atoms with Crippen molar-refractivity contribution in [1.82, 2.24) is 5.32 Å². The second-order valence-electron chi connectivity index (χ2n) is 5.77. The Kier molecular flexibility index (Phi) is 4.97. The number of alkyl halides is 3. The lowest BCUT2D eigenvalue weighted by molar-refractivity contribution is -0.137. The number of halogens is 3. The van der Waals surface area contributed by atoms with Crippen LogP contribution in [0.2, 0.25) is 0 Å². The molecule has 4 nitrogen and oxygen atoms in total. The summed E-state index contributed by atoms with van der Waals surface area (Å²) in [4.78, 5) is 25.4. The zero-order chi connectivity index (χ0) is 17.2. The van der Waals surface area contributed by atoms with Crippen molar-refractivity contribution >= 4 is 17.5 Å². The van der Waals surface area contributed by atoms with Gasteiger partial charge >= 0.3 is 6.18 Å². The van der Waals surface area contributed by atoms with Crippen LogP contribution in [0.25, 0.3) is 0 Å². The molecular formula is C16H19F3N2O2. The van der Waals surface area contributed by atoms with Gasteiger partial charge in [-0.3, -0.25) is 9.59 Å². The zero-order valence-electron chi connectivity index (χ0n) is 13.0. The van der Waals surface area contributed by atoms with Gasteiger partial charge in [0.1, 0.15) is 0 Å². The minimum absolute atomic E-state index is 0.000194. The van der Waals surface area contributed by atoms with Gasteiger partial charge in [0.25, 0.3) is 0 Å². The average molecular weight is 328 g/mol. The van der Waals surface area contributed by atoms with E-state index in [1.165, 1.54) is 17.0 Å². The fourth-order valence-corrected chi connectivity index (χ4v) is 2.45. The lowest BCUT2D eigenvalue weighted by atomic mass is 10.1. The van der Waals surface area contributed by atoms with Crippen LogP contribution in [0.3, 0.4) is 0 Å². The molecule has 0 aliphatic carbocycles. The Labute approximate surface area is 132 Å². The maximum Gasteiger partial charge on any atom is 0.416 e. The van der Waals surface area contributed by atoms with E-state index in [0.717, 1.165) is 18.6 Å². The summed E-state index contributed by atoms with van der Waals surface area (Å²) in [6, 6.07) is 4.60. The monoisotopic (exact) mass is 328 g/mol. The van der Waals surface area contributed by atoms with E-state index >= 15 is 0 Å². The number of nitrogens with zero attached hydrogens (tertiary/aromatic N) is 1. The Morgan fingerprint density at radius 3 is 2.74 bits per heavy atom. The first-order chi connectivity index (χ1) is 10.7. The van der Waals surface area contributed by atoms with Crippen LogP contribution in [-0.2, 0) is 15.8 Å². The van der Waals surface area contributed by atoms with Crippen LogP contribution in [-0.4, -0.2) is 24.4 Å². The third-order valence-electron chi connectivity index (χ3n) is 3.98. The smallest absolute Gasteiger partial charge is 0.353 e. The number of hydrogen-bond acceptors (Lipinski definition) is 2. The van der Waals surface area contributed by atoms with Crippen LogP contribution in [0.4, 0.5) is 18.9 Å². The van der Waals surface area contributed by atoms with Gasteiger partial charge in [-0.2, -0.15) is 13.2 Å². The van der Waals surface area contributed by atoms with Gasteiger partial charge in [-0.25, -0.2) is 0 Å². The number of nitrogens with one attached hydrogen (secondary N) is 1. The second-order valence-corrected chi connectivity index (χ2v) is 5.77. The molecule has 1 saturated heterocycles. The Morgan fingerprint density at radius 1 is 1.43 bits per heavy atom. The Hall–Kier alpha value is -2.05. The first-order valence-corrected chi connectivity index (χ1v) is 7.50. The van der Waals surface area contributed by atoms with Gasteiger partial charge < -0.3 is 10.2 Å². The van der Waals surface area contributed by atoms with E-state index in [1.807, 2.05) is 13.8 Å². The minimum atomic E-state index is -4.47. The third kappa shape index (κ3) is 4.03. The molecule has 1 N–H and O–H groups in total. The summed E-state index contributed by atoms with van der Waals surface area (Å²) in [7, 11) is 0. The molecule has 1 aromatic rings. The van der Waals surface area contributed by atoms with Gasteiger partial charge in [-0.1, -0.05) is 13.0 Å². The van der Waals surface area contributed by atoms with Gasteiger partial charge in [-0.05, 0) is 31.5 Å². The fraction of sp³-hybridized carbons (Fsp3) is 0.500. The van der Waals surface area contributed by atoms with Crippen molar-refractivity contribution in [3.8, 4) is 0 Å². The fourth-order valence-electron chi connectivity index (χ4n) is 2.45. The number of amides is 2. The van der Waals surface area contributed by atoms with E-state index < -0.39 is 17.7 Å². The number of benzene rings is 1. The molecule has 1 aromatic carbocycles. The Bertz CT molecular complexity index is 601. The van der Waals surface area contributed by atoms with Gasteiger partial charge in [0, 0.05) is 24.7 Å². The van der Waals surface area contributed by atoms with Crippen molar-refractivity contribution in [3.63, 3.8) is 0 Å². The molecule has 1 aliphatic rings. The predicted molar refractivity (Wildman–Crippen MR) is 79.8 cm³/mol. The Morgan fingerprint density at radius 2 is 2.13 bits per heavy atom. The summed E-state index contributed by atoms with van der Waals surface area (Å²) in [6.45, 7) is 3.89. The maximum absolute atomic E-state index is 12.8. The van der Waals surface area contributed by atoms with Crippen LogP contribution in [0.1, 0.15) is 32.3 Å². The molecule has 0 aromatic heterocycles. The minimum Gasteiger partial charge on any atom is -0.353 e. The molecule has 0 saturated carbocycles. The first kappa shape index (κ1) is 17.3. The molecule has 7 heteroatoms. The summed E-state index contributed by atoms with van der Waals surface area (Å²) in [5.74, 6) is -1.11. The largest absolute Gasteiger partial charge is 0.416 e. The van der Waals surface area contributed by atoms with Crippen molar-refractivity contribution in [3.05, 3.63) is 29.8 Å². The molecule has 2 rings (SSSR count). The van der Waals surface area contributed by atoms with Crippen LogP contribution >= 0.6 is 0 Å². The van der Waals surface area contributed by atoms with Crippen molar-refractivity contribution in [2.24, 2.45) is 5.92 Å². The van der Waals surface area contributed by atoms with Crippen molar-refractivity contribution < 1.29 is 22.8 Å². The van der Waals surface area contributed by atoms with Crippen LogP contribution in [0, 0.1) is 5.92 Å². The molecule has 0 bridgehead atoms. The summed E-state index contributed by atoms with van der Waals surface area (Å²) < 4.78 is 38.3. The number of anilines is 1. The van der Waals surface area contributed by atoms with E-state index in [-0.39, 0.29) is 36.5 Å². The van der Waals surface area contributed by atoms with Crippen molar-refractivity contribution in [2.75, 3.05) is 11.4 Å². The van der Waals surface area contributed by atoms with Gasteiger partial charge in [0.2, 0.25) is 11.8 Å². The molecule has 1 aliphatic heterocycles. The van der Waals surface area contributed by atoms with Gasteiger partial charge in [-0.15, -0.1) is 0 Å². The molecule has 2 unspecified atom stereocenters. The number of rotatable bonds is 4. The van der Waals surface area contributed by atoms with E-state index in [4.69, 9.17) is 0 Å². The molecule has 0 radical (unpaired) electrons. The lowest BCUT2D eigenvalue weighted by Gasteiger charge is -2.19. The summed E-state index contributed by atoms with van der Waals surface area (Å²) in [5, 5.41) is 2.80. The molecule has 1 fully saturated rings. The maximum atomic E-state index is 12.8. The molecular weight excluding hydrogens is 309 g/mol. The van der Waals surface area contributed by atoms with Gasteiger partial charge in [0.15, 0.2) is 0 Å². The molecule has 1 heterocycles. The van der Waals surface area contributed by atoms with Crippen LogP contribution in [0.15, 0.2) is 24.3 Å². The molecule has 126 valence electrons. The van der Waals surface area contributed by atoms with E-state index in [1.54, 1.807) is 0 Å². The standard InChI is InChI=1S/C16H19F3N2O2/c1-3-10(2)20-15(23)11-7-14(22)21(9-11)13-6-4-5-12(8-13)16(17,18)19/h4-6,8,10-11H,3,7,9H2,1-2H3,(H,20,23). The van der Waals surface area contributed by atoms with Crippen LogP contribution in [0.5, 0.6) is 0 Å². The summed E-state index contributed by atoms with van der Waals surface area (Å²) in [5.41, 5.74) is -0.640. The number of hydrogen-bond donors (Lipinski definition) is 1. The first-order valence-electron chi connectivity index (χ1n) is 7.50. The highest BCUT2D eigenvalue weighted by Crippen LogP contribution is 2.33. The second kappa shape index (κ2) is 6.60. The zero-order valence-corrected chi connectivity index (χ0v) is 13.0. The number of carbonyl (C=O) groups is 2. The highest BCUT2D eigenvalue weighted by Gasteiger charge is 2.37. The van der Waals surface area contributed by atoms with Gasteiger partial charge in [0.05, 0.1) is 11.5 Å². The molecule has 2 atom stereocenters. The van der Waals surface area contributed by atoms with Crippen molar-refractivity contribution in [1.29, 1.82) is 0 Å². The molecule has 2 amide bonds. The SMILES string of the molecule is CCC(C)NC(=O)C1CC(=O)N(c2cccc(C(F)(F)F)c2)C1. The summed E-state index contributed by atoms with van der Waals surface area (Å²) >= 11 is 0. The van der Waals surface area contributed by atoms with E-state index in [2.05, 4.69) is 5.32 Å². The summed E-state index contributed by atoms with van der Waals surface area (Å²) in [6.07, 6.45) is -3.69. The highest BCUT2D eigenvalue weighted by molar-refractivity contribution is 6.00. The van der Waals surface area contributed by atoms with Crippen molar-refractivity contribution in [2.45, 2.75) is 38.9 Å². The topological polar surface area (TPSA) is 49.4 Å². The average Bonchev–Trinajstić information content (AvgIpc) is 2.88. The highest BCUT2D eigenvalue weighted by atomic mass is 19.4. The van der Waals surface area contributed by atoms with Crippen LogP contribution < -0.4 is 10.2 Å². The normalized spacial score (nSPS) is 19.8. The Balaban J connectivity index is 2.13. The quantitative estimate of drug-likeness (QED) is 0.924. The predicted octanol–water partition coefficient (Wildman–Crippen LogP) is 2.97. The number of carbonyl (C=O) groups excluding carboxylic acids is 2. The lowest BCUT2D eigenvalue weighted by Crippen LogP contribution is -2.38. The van der Waals surface area contributed by atoms with E-state index in [9.17, 15) is 22.8 Å². The third-order valence-corrected chi connectivity index (χ3v) is 3.98. The van der Waals surface area contributed by atoms with E-state index in [0.29, 0.717) is 0 Å². The molecule has 23 heavy (non-hydrogen) atoms. The molecule has 0 spiro atoms.